The molecule has 0 saturated carbocycles. The third-order valence-electron chi connectivity index (χ3n) is 2.61. The average Bonchev–Trinajstić information content (AvgIpc) is 2.91. The van der Waals surface area contributed by atoms with E-state index in [1.54, 1.807) is 59.4 Å². The second-order valence-electron chi connectivity index (χ2n) is 3.82. The van der Waals surface area contributed by atoms with Gasteiger partial charge in [-0.05, 0) is 30.3 Å². The fourth-order valence-corrected chi connectivity index (χ4v) is 1.54. The first-order valence-corrected chi connectivity index (χ1v) is 5.45. The monoisotopic (exact) mass is 240 g/mol. The van der Waals surface area contributed by atoms with E-state index in [-0.39, 0.29) is 12.5 Å². The highest BCUT2D eigenvalue weighted by atomic mass is 16.2. The number of nitrogens with zero attached hydrogens (tertiary/aromatic N) is 4. The van der Waals surface area contributed by atoms with Crippen molar-refractivity contribution in [2.45, 2.75) is 6.54 Å². The molecule has 5 nitrogen and oxygen atoms in total. The summed E-state index contributed by atoms with van der Waals surface area (Å²) >= 11 is 0. The van der Waals surface area contributed by atoms with E-state index in [0.717, 1.165) is 5.69 Å². The quantitative estimate of drug-likeness (QED) is 0.815. The smallest absolute Gasteiger partial charge is 0.248 e. The molecule has 18 heavy (non-hydrogen) atoms. The van der Waals surface area contributed by atoms with Gasteiger partial charge in [-0.2, -0.15) is 10.4 Å². The lowest BCUT2D eigenvalue weighted by Gasteiger charge is -2.17. The molecule has 0 spiro atoms. The van der Waals surface area contributed by atoms with Crippen molar-refractivity contribution in [1.82, 2.24) is 9.78 Å². The zero-order valence-corrected chi connectivity index (χ0v) is 9.95. The Balaban J connectivity index is 2.08. The minimum Gasteiger partial charge on any atom is -0.314 e. The van der Waals surface area contributed by atoms with Crippen molar-refractivity contribution in [3.8, 4) is 6.07 Å². The van der Waals surface area contributed by atoms with Gasteiger partial charge in [-0.1, -0.05) is 0 Å². The molecule has 0 fully saturated rings. The van der Waals surface area contributed by atoms with Crippen molar-refractivity contribution >= 4 is 11.6 Å². The van der Waals surface area contributed by atoms with Crippen LogP contribution in [-0.2, 0) is 11.3 Å². The van der Waals surface area contributed by atoms with E-state index in [1.165, 1.54) is 0 Å². The Kier molecular flexibility index (Phi) is 3.39. The van der Waals surface area contributed by atoms with Crippen molar-refractivity contribution in [2.24, 2.45) is 0 Å². The molecule has 0 aliphatic rings. The van der Waals surface area contributed by atoms with Gasteiger partial charge in [0.25, 0.3) is 0 Å². The Morgan fingerprint density at radius 3 is 2.72 bits per heavy atom. The van der Waals surface area contributed by atoms with Gasteiger partial charge in [0.15, 0.2) is 0 Å². The lowest BCUT2D eigenvalue weighted by Crippen LogP contribution is -2.30. The first-order valence-electron chi connectivity index (χ1n) is 5.45. The van der Waals surface area contributed by atoms with Gasteiger partial charge in [0.1, 0.15) is 6.54 Å². The number of benzene rings is 1. The van der Waals surface area contributed by atoms with E-state index >= 15 is 0 Å². The van der Waals surface area contributed by atoms with Gasteiger partial charge in [0, 0.05) is 25.1 Å². The van der Waals surface area contributed by atoms with Crippen LogP contribution in [0.1, 0.15) is 5.56 Å². The molecule has 0 radical (unpaired) electrons. The topological polar surface area (TPSA) is 61.9 Å². The van der Waals surface area contributed by atoms with Crippen LogP contribution in [0.3, 0.4) is 0 Å². The molecule has 0 aliphatic heterocycles. The van der Waals surface area contributed by atoms with Gasteiger partial charge in [-0.3, -0.25) is 9.48 Å². The second-order valence-corrected chi connectivity index (χ2v) is 3.82. The summed E-state index contributed by atoms with van der Waals surface area (Å²) < 4.78 is 1.57. The predicted molar refractivity (Wildman–Crippen MR) is 66.8 cm³/mol. The van der Waals surface area contributed by atoms with E-state index in [4.69, 9.17) is 5.26 Å². The summed E-state index contributed by atoms with van der Waals surface area (Å²) in [7, 11) is 1.70. The maximum atomic E-state index is 12.0. The largest absolute Gasteiger partial charge is 0.314 e. The van der Waals surface area contributed by atoms with E-state index in [2.05, 4.69) is 5.10 Å². The summed E-state index contributed by atoms with van der Waals surface area (Å²) in [5.41, 5.74) is 1.33. The van der Waals surface area contributed by atoms with Gasteiger partial charge in [-0.15, -0.1) is 0 Å². The standard InChI is InChI=1S/C13H12N4O/c1-16(12-5-3-11(9-14)4-6-12)13(18)10-17-8-2-7-15-17/h2-8H,10H2,1H3. The fourth-order valence-electron chi connectivity index (χ4n) is 1.54. The molecule has 90 valence electrons. The molecule has 0 aliphatic carbocycles. The molecular formula is C13H12N4O. The van der Waals surface area contributed by atoms with Crippen LogP contribution in [0.15, 0.2) is 42.7 Å². The van der Waals surface area contributed by atoms with Crippen LogP contribution in [-0.4, -0.2) is 22.7 Å². The molecule has 1 heterocycles. The lowest BCUT2D eigenvalue weighted by atomic mass is 10.2. The summed E-state index contributed by atoms with van der Waals surface area (Å²) in [6.07, 6.45) is 3.37. The molecule has 2 rings (SSSR count). The molecular weight excluding hydrogens is 228 g/mol. The van der Waals surface area contributed by atoms with E-state index in [1.807, 2.05) is 6.07 Å². The summed E-state index contributed by atoms with van der Waals surface area (Å²) in [4.78, 5) is 13.5. The Morgan fingerprint density at radius 2 is 2.17 bits per heavy atom. The highest BCUT2D eigenvalue weighted by molar-refractivity contribution is 5.92. The summed E-state index contributed by atoms with van der Waals surface area (Å²) in [6.45, 7) is 0.198. The van der Waals surface area contributed by atoms with Gasteiger partial charge in [0.05, 0.1) is 11.6 Å². The van der Waals surface area contributed by atoms with Crippen LogP contribution in [0.2, 0.25) is 0 Å². The lowest BCUT2D eigenvalue weighted by molar-refractivity contribution is -0.119. The zero-order chi connectivity index (χ0) is 13.0. The van der Waals surface area contributed by atoms with Crippen LogP contribution < -0.4 is 4.90 Å². The highest BCUT2D eigenvalue weighted by Gasteiger charge is 2.11. The number of likely N-dealkylation sites (N-methyl/N-ethyl adjacent to an activating group) is 1. The number of carbonyl (C=O) groups excluding carboxylic acids is 1. The summed E-state index contributed by atoms with van der Waals surface area (Å²) in [5.74, 6) is -0.0663. The fraction of sp³-hybridized carbons (Fsp3) is 0.154. The van der Waals surface area contributed by atoms with Gasteiger partial charge in [-0.25, -0.2) is 0 Å². The minimum atomic E-state index is -0.0663. The predicted octanol–water partition coefficient (Wildman–Crippen LogP) is 1.42. The van der Waals surface area contributed by atoms with Gasteiger partial charge in [0.2, 0.25) is 5.91 Å². The number of amides is 1. The van der Waals surface area contributed by atoms with Crippen LogP contribution in [0.4, 0.5) is 5.69 Å². The zero-order valence-electron chi connectivity index (χ0n) is 9.95. The number of hydrogen-bond donors (Lipinski definition) is 0. The van der Waals surface area contributed by atoms with Crippen LogP contribution >= 0.6 is 0 Å². The number of rotatable bonds is 3. The Bertz CT molecular complexity index is 566. The average molecular weight is 240 g/mol. The molecule has 1 aromatic carbocycles. The van der Waals surface area contributed by atoms with Crippen LogP contribution in [0.25, 0.3) is 0 Å². The van der Waals surface area contributed by atoms with Crippen LogP contribution in [0.5, 0.6) is 0 Å². The third kappa shape index (κ3) is 2.55. The SMILES string of the molecule is CN(C(=O)Cn1cccn1)c1ccc(C#N)cc1. The maximum Gasteiger partial charge on any atom is 0.248 e. The molecule has 0 unspecified atom stereocenters. The Morgan fingerprint density at radius 1 is 1.44 bits per heavy atom. The first kappa shape index (κ1) is 11.9. The van der Waals surface area contributed by atoms with Gasteiger partial charge >= 0.3 is 0 Å². The first-order chi connectivity index (χ1) is 8.70. The molecule has 5 heteroatoms. The number of hydrogen-bond acceptors (Lipinski definition) is 3. The Labute approximate surface area is 105 Å². The van der Waals surface area contributed by atoms with Crippen molar-refractivity contribution in [2.75, 3.05) is 11.9 Å². The van der Waals surface area contributed by atoms with E-state index in [0.29, 0.717) is 5.56 Å². The number of carbonyl (C=O) groups is 1. The second kappa shape index (κ2) is 5.15. The van der Waals surface area contributed by atoms with Crippen molar-refractivity contribution in [3.63, 3.8) is 0 Å². The number of nitriles is 1. The highest BCUT2D eigenvalue weighted by Crippen LogP contribution is 2.13. The molecule has 0 atom stereocenters. The molecule has 1 amide bonds. The van der Waals surface area contributed by atoms with Crippen LogP contribution in [0, 0.1) is 11.3 Å². The summed E-state index contributed by atoms with van der Waals surface area (Å²) in [5, 5.41) is 12.7. The number of aromatic nitrogens is 2. The Hall–Kier alpha value is -2.61. The molecule has 2 aromatic rings. The molecule has 1 aromatic heterocycles. The minimum absolute atomic E-state index is 0.0663. The normalized spacial score (nSPS) is 9.78. The van der Waals surface area contributed by atoms with Gasteiger partial charge < -0.3 is 4.90 Å². The van der Waals surface area contributed by atoms with Crippen molar-refractivity contribution < 1.29 is 4.79 Å². The van der Waals surface area contributed by atoms with E-state index in [9.17, 15) is 4.79 Å². The molecule has 0 bridgehead atoms. The van der Waals surface area contributed by atoms with E-state index < -0.39 is 0 Å². The molecule has 0 N–H and O–H groups in total. The molecule has 0 saturated heterocycles. The summed E-state index contributed by atoms with van der Waals surface area (Å²) in [6, 6.07) is 10.7. The maximum absolute atomic E-state index is 12.0. The van der Waals surface area contributed by atoms with Crippen molar-refractivity contribution in [1.29, 1.82) is 5.26 Å². The number of anilines is 1. The van der Waals surface area contributed by atoms with Crippen molar-refractivity contribution in [3.05, 3.63) is 48.3 Å². The third-order valence-corrected chi connectivity index (χ3v) is 2.61.